The van der Waals surface area contributed by atoms with Crippen LogP contribution in [0.25, 0.3) is 0 Å². The minimum Gasteiger partial charge on any atom is -0.394 e. The largest absolute Gasteiger partial charge is 0.394 e. The van der Waals surface area contributed by atoms with Crippen LogP contribution in [0.1, 0.15) is 354 Å². The van der Waals surface area contributed by atoms with Crippen molar-refractivity contribution < 1.29 is 50.0 Å². The summed E-state index contributed by atoms with van der Waals surface area (Å²) in [5.74, 6) is -0.705. The van der Waals surface area contributed by atoms with Gasteiger partial charge in [0.15, 0.2) is 6.29 Å². The Kier molecular flexibility index (Phi) is 58.9. The number of nitrogens with one attached hydrogen (secondary N) is 1. The van der Waals surface area contributed by atoms with Gasteiger partial charge >= 0.3 is 0 Å². The van der Waals surface area contributed by atoms with Crippen molar-refractivity contribution in [2.24, 2.45) is 0 Å². The Labute approximate surface area is 517 Å². The average Bonchev–Trinajstić information content (AvgIpc) is 3.66. The number of ether oxygens (including phenoxy) is 2. The summed E-state index contributed by atoms with van der Waals surface area (Å²) in [6.07, 6.45) is 68.2. The van der Waals surface area contributed by atoms with Crippen LogP contribution in [0, 0.1) is 0 Å². The van der Waals surface area contributed by atoms with Crippen LogP contribution in [0.15, 0.2) is 36.5 Å². The summed E-state index contributed by atoms with van der Waals surface area (Å²) in [6.45, 7) is 3.49. The van der Waals surface area contributed by atoms with Gasteiger partial charge in [-0.25, -0.2) is 0 Å². The Morgan fingerprint density at radius 3 is 1.06 bits per heavy atom. The highest BCUT2D eigenvalue weighted by molar-refractivity contribution is 5.80. The molecule has 1 fully saturated rings. The fourth-order valence-electron chi connectivity index (χ4n) is 11.8. The van der Waals surface area contributed by atoms with E-state index in [1.54, 1.807) is 0 Å². The van der Waals surface area contributed by atoms with E-state index in [4.69, 9.17) is 9.47 Å². The molecule has 84 heavy (non-hydrogen) atoms. The van der Waals surface area contributed by atoms with Crippen LogP contribution in [0.4, 0.5) is 0 Å². The first-order valence-corrected chi connectivity index (χ1v) is 36.4. The molecule has 0 radical (unpaired) electrons. The number of unbranched alkanes of at least 4 members (excludes halogenated alkanes) is 46. The van der Waals surface area contributed by atoms with Gasteiger partial charge in [0, 0.05) is 0 Å². The second kappa shape index (κ2) is 61.6. The van der Waals surface area contributed by atoms with Crippen LogP contribution in [0.5, 0.6) is 0 Å². The standard InChI is InChI=1S/C73H139NO10/c1-3-5-7-9-11-13-15-17-19-21-23-25-27-28-29-30-31-32-33-34-35-36-37-39-41-43-45-47-49-51-53-55-57-59-61-66(77)72(82)74-64(63-83-73-71(81)70(80)69(79)67(62-75)84-73)68(78)65(76)60-58-56-54-52-50-48-46-44-42-40-38-26-24-22-20-18-16-14-12-10-8-6-4-2/h30-31,44,46,52,54,64-71,73,75-81H,3-29,32-43,45,47-51,53,55-63H2,1-2H3,(H,74,82)/b31-30-,46-44+,54-52+. The van der Waals surface area contributed by atoms with E-state index in [-0.39, 0.29) is 12.8 Å². The van der Waals surface area contributed by atoms with Crippen LogP contribution in [0.2, 0.25) is 0 Å². The molecule has 0 aromatic rings. The summed E-state index contributed by atoms with van der Waals surface area (Å²) < 4.78 is 11.2. The van der Waals surface area contributed by atoms with E-state index in [2.05, 4.69) is 55.6 Å². The summed E-state index contributed by atoms with van der Waals surface area (Å²) in [5, 5.41) is 76.5. The van der Waals surface area contributed by atoms with Gasteiger partial charge in [-0.15, -0.1) is 0 Å². The number of aliphatic hydroxyl groups is 7. The van der Waals surface area contributed by atoms with E-state index in [1.807, 2.05) is 0 Å². The maximum Gasteiger partial charge on any atom is 0.249 e. The van der Waals surface area contributed by atoms with Crippen molar-refractivity contribution in [3.8, 4) is 0 Å². The first-order chi connectivity index (χ1) is 41.2. The van der Waals surface area contributed by atoms with Gasteiger partial charge in [0.1, 0.15) is 36.6 Å². The molecule has 0 aromatic carbocycles. The predicted octanol–water partition coefficient (Wildman–Crippen LogP) is 17.8. The number of hydrogen-bond donors (Lipinski definition) is 8. The number of amides is 1. The maximum atomic E-state index is 13.3. The molecule has 1 saturated heterocycles. The predicted molar refractivity (Wildman–Crippen MR) is 353 cm³/mol. The zero-order chi connectivity index (χ0) is 61.0. The lowest BCUT2D eigenvalue weighted by atomic mass is 9.98. The van der Waals surface area contributed by atoms with Gasteiger partial charge in [0.2, 0.25) is 5.91 Å². The average molecular weight is 1190 g/mol. The molecule has 0 aliphatic carbocycles. The lowest BCUT2D eigenvalue weighted by molar-refractivity contribution is -0.303. The third-order valence-corrected chi connectivity index (χ3v) is 17.6. The Morgan fingerprint density at radius 2 is 0.714 bits per heavy atom. The van der Waals surface area contributed by atoms with Crippen molar-refractivity contribution in [1.29, 1.82) is 0 Å². The fraction of sp³-hybridized carbons (Fsp3) is 0.904. The second-order valence-corrected chi connectivity index (χ2v) is 25.6. The van der Waals surface area contributed by atoms with Gasteiger partial charge in [0.25, 0.3) is 0 Å². The van der Waals surface area contributed by atoms with Crippen molar-refractivity contribution in [2.45, 2.75) is 409 Å². The molecule has 1 heterocycles. The molecule has 0 bridgehead atoms. The summed E-state index contributed by atoms with van der Waals surface area (Å²) >= 11 is 0. The first kappa shape index (κ1) is 80.3. The SMILES string of the molecule is CCCCCCCCCCCCCCCC/C=C\CCCCCCCCCCCCCCCCCCC(O)C(=O)NC(COC1OC(CO)C(O)C(O)C1O)C(O)C(O)CCC/C=C/CC/C=C/CCCCCCCCCCCCCCCC. The van der Waals surface area contributed by atoms with Crippen LogP contribution < -0.4 is 5.32 Å². The van der Waals surface area contributed by atoms with E-state index in [9.17, 15) is 40.5 Å². The first-order valence-electron chi connectivity index (χ1n) is 36.4. The fourth-order valence-corrected chi connectivity index (χ4v) is 11.8. The van der Waals surface area contributed by atoms with E-state index < -0.39 is 74.2 Å². The molecule has 11 nitrogen and oxygen atoms in total. The van der Waals surface area contributed by atoms with Gasteiger partial charge in [-0.1, -0.05) is 314 Å². The number of hydrogen-bond acceptors (Lipinski definition) is 10. The molecular weight excluding hydrogens is 1050 g/mol. The molecule has 0 spiro atoms. The molecule has 8 N–H and O–H groups in total. The monoisotopic (exact) mass is 1190 g/mol. The van der Waals surface area contributed by atoms with Gasteiger partial charge in [-0.05, 0) is 77.0 Å². The van der Waals surface area contributed by atoms with E-state index in [1.165, 1.54) is 270 Å². The molecule has 496 valence electrons. The quantitative estimate of drug-likeness (QED) is 0.0215. The second-order valence-electron chi connectivity index (χ2n) is 25.6. The number of carbonyl (C=O) groups excluding carboxylic acids is 1. The van der Waals surface area contributed by atoms with Gasteiger partial charge < -0.3 is 50.5 Å². The van der Waals surface area contributed by atoms with Crippen molar-refractivity contribution in [2.75, 3.05) is 13.2 Å². The Hall–Kier alpha value is -1.67. The number of aliphatic hydroxyl groups excluding tert-OH is 7. The van der Waals surface area contributed by atoms with Crippen molar-refractivity contribution in [3.63, 3.8) is 0 Å². The molecule has 11 heteroatoms. The number of carbonyl (C=O) groups is 1. The number of allylic oxidation sites excluding steroid dienone is 6. The number of rotatable bonds is 64. The third-order valence-electron chi connectivity index (χ3n) is 17.6. The van der Waals surface area contributed by atoms with Crippen LogP contribution >= 0.6 is 0 Å². The Bertz CT molecular complexity index is 1460. The normalized spacial score (nSPS) is 19.1. The summed E-state index contributed by atoms with van der Waals surface area (Å²) in [7, 11) is 0. The van der Waals surface area contributed by atoms with E-state index in [0.29, 0.717) is 19.3 Å². The van der Waals surface area contributed by atoms with Crippen LogP contribution in [-0.2, 0) is 14.3 Å². The van der Waals surface area contributed by atoms with Gasteiger partial charge in [-0.2, -0.15) is 0 Å². The van der Waals surface area contributed by atoms with Crippen LogP contribution in [-0.4, -0.2) is 110 Å². The minimum atomic E-state index is -1.67. The van der Waals surface area contributed by atoms with Gasteiger partial charge in [-0.3, -0.25) is 4.79 Å². The Balaban J connectivity index is 2.18. The molecule has 1 aliphatic rings. The molecule has 9 atom stereocenters. The van der Waals surface area contributed by atoms with Crippen LogP contribution in [0.3, 0.4) is 0 Å². The van der Waals surface area contributed by atoms with Gasteiger partial charge in [0.05, 0.1) is 25.4 Å². The maximum absolute atomic E-state index is 13.3. The molecule has 1 amide bonds. The lowest BCUT2D eigenvalue weighted by Gasteiger charge is -2.40. The summed E-state index contributed by atoms with van der Waals surface area (Å²) in [6, 6.07) is -1.19. The molecule has 0 saturated carbocycles. The summed E-state index contributed by atoms with van der Waals surface area (Å²) in [5.41, 5.74) is 0. The molecule has 0 aromatic heterocycles. The molecular formula is C73H139NO10. The highest BCUT2D eigenvalue weighted by Crippen LogP contribution is 2.24. The van der Waals surface area contributed by atoms with Crippen molar-refractivity contribution >= 4 is 5.91 Å². The van der Waals surface area contributed by atoms with Crippen molar-refractivity contribution in [3.05, 3.63) is 36.5 Å². The molecule has 1 rings (SSSR count). The highest BCUT2D eigenvalue weighted by Gasteiger charge is 2.44. The van der Waals surface area contributed by atoms with Crippen molar-refractivity contribution in [1.82, 2.24) is 5.32 Å². The van der Waals surface area contributed by atoms with E-state index >= 15 is 0 Å². The zero-order valence-electron chi connectivity index (χ0n) is 54.9. The molecule has 9 unspecified atom stereocenters. The smallest absolute Gasteiger partial charge is 0.249 e. The highest BCUT2D eigenvalue weighted by atomic mass is 16.7. The van der Waals surface area contributed by atoms with E-state index in [0.717, 1.165) is 38.5 Å². The topological polar surface area (TPSA) is 189 Å². The lowest BCUT2D eigenvalue weighted by Crippen LogP contribution is -2.60. The minimum absolute atomic E-state index is 0.248. The zero-order valence-corrected chi connectivity index (χ0v) is 54.9. The Morgan fingerprint density at radius 1 is 0.405 bits per heavy atom. The molecule has 1 aliphatic heterocycles. The third kappa shape index (κ3) is 48.3. The summed E-state index contributed by atoms with van der Waals surface area (Å²) in [4.78, 5) is 13.3.